The van der Waals surface area contributed by atoms with Crippen LogP contribution in [0.25, 0.3) is 0 Å². The quantitative estimate of drug-likeness (QED) is 0.613. The first-order valence-corrected chi connectivity index (χ1v) is 8.38. The molecule has 1 aromatic carbocycles. The highest BCUT2D eigenvalue weighted by atomic mass is 16.5. The molecule has 2 aliphatic rings. The summed E-state index contributed by atoms with van der Waals surface area (Å²) >= 11 is 0. The topological polar surface area (TPSA) is 46.6 Å². The Morgan fingerprint density at radius 2 is 1.92 bits per heavy atom. The van der Waals surface area contributed by atoms with Gasteiger partial charge in [0.25, 0.3) is 0 Å². The molecule has 0 aromatic heterocycles. The number of ketones is 1. The predicted octanol–water partition coefficient (Wildman–Crippen LogP) is 3.98. The first-order chi connectivity index (χ1) is 12.3. The van der Waals surface area contributed by atoms with Crippen LogP contribution in [0.2, 0.25) is 0 Å². The lowest BCUT2D eigenvalue weighted by molar-refractivity contribution is -0.133. The highest BCUT2D eigenvalue weighted by Crippen LogP contribution is 2.46. The number of nitrogens with zero attached hydrogens (tertiary/aromatic N) is 1. The lowest BCUT2D eigenvalue weighted by Crippen LogP contribution is -2.22. The van der Waals surface area contributed by atoms with Crippen molar-refractivity contribution in [2.75, 3.05) is 11.9 Å². The van der Waals surface area contributed by atoms with Gasteiger partial charge in [0, 0.05) is 35.5 Å². The molecule has 0 N–H and O–H groups in total. The summed E-state index contributed by atoms with van der Waals surface area (Å²) in [5.41, 5.74) is 3.79. The molecular weight excluding hydrogens is 326 g/mol. The average molecular weight is 347 g/mol. The zero-order chi connectivity index (χ0) is 18.9. The van der Waals surface area contributed by atoms with E-state index >= 15 is 0 Å². The zero-order valence-electron chi connectivity index (χ0n) is 15.2. The lowest BCUT2D eigenvalue weighted by Gasteiger charge is -2.23. The second-order valence-electron chi connectivity index (χ2n) is 6.74. The molecule has 0 amide bonds. The van der Waals surface area contributed by atoms with Crippen molar-refractivity contribution < 1.29 is 14.3 Å². The highest BCUT2D eigenvalue weighted by Gasteiger charge is 2.37. The van der Waals surface area contributed by atoms with Crippen LogP contribution in [0.1, 0.15) is 19.4 Å². The summed E-state index contributed by atoms with van der Waals surface area (Å²) in [5.74, 6) is -0.363. The fraction of sp³-hybridized carbons (Fsp3) is 0.182. The molecule has 1 aliphatic heterocycles. The largest absolute Gasteiger partial charge is 0.423 e. The minimum absolute atomic E-state index is 0.128. The van der Waals surface area contributed by atoms with Gasteiger partial charge in [0.05, 0.1) is 0 Å². The van der Waals surface area contributed by atoms with E-state index in [1.807, 2.05) is 25.3 Å². The second kappa shape index (κ2) is 6.64. The van der Waals surface area contributed by atoms with E-state index in [2.05, 4.69) is 37.5 Å². The summed E-state index contributed by atoms with van der Waals surface area (Å²) in [4.78, 5) is 25.6. The fourth-order valence-corrected chi connectivity index (χ4v) is 3.35. The van der Waals surface area contributed by atoms with E-state index in [0.29, 0.717) is 11.3 Å². The number of hydrogen-bond donors (Lipinski definition) is 0. The molecule has 4 heteroatoms. The third kappa shape index (κ3) is 3.06. The Morgan fingerprint density at radius 1 is 1.19 bits per heavy atom. The van der Waals surface area contributed by atoms with Crippen molar-refractivity contribution in [1.29, 1.82) is 0 Å². The molecule has 0 saturated heterocycles. The number of rotatable bonds is 3. The Hall–Kier alpha value is -3.14. The summed E-state index contributed by atoms with van der Waals surface area (Å²) in [6.07, 6.45) is 9.26. The van der Waals surface area contributed by atoms with Gasteiger partial charge < -0.3 is 9.64 Å². The molecule has 0 bridgehead atoms. The first kappa shape index (κ1) is 17.7. The van der Waals surface area contributed by atoms with Gasteiger partial charge in [-0.1, -0.05) is 38.6 Å². The number of benzene rings is 1. The zero-order valence-corrected chi connectivity index (χ0v) is 15.2. The maximum absolute atomic E-state index is 12.2. The van der Waals surface area contributed by atoms with Crippen LogP contribution >= 0.6 is 0 Å². The van der Waals surface area contributed by atoms with Gasteiger partial charge in [-0.3, -0.25) is 4.79 Å². The number of allylic oxidation sites excluding steroid dienone is 7. The highest BCUT2D eigenvalue weighted by molar-refractivity contribution is 6.08. The van der Waals surface area contributed by atoms with Gasteiger partial charge in [0.1, 0.15) is 5.76 Å². The fourth-order valence-electron chi connectivity index (χ4n) is 3.35. The van der Waals surface area contributed by atoms with Gasteiger partial charge in [0.2, 0.25) is 0 Å². The van der Waals surface area contributed by atoms with Gasteiger partial charge in [-0.15, -0.1) is 0 Å². The van der Waals surface area contributed by atoms with Crippen LogP contribution in [0, 0.1) is 0 Å². The van der Waals surface area contributed by atoms with Crippen LogP contribution in [0.5, 0.6) is 0 Å². The number of carbonyl (C=O) groups is 2. The van der Waals surface area contributed by atoms with Gasteiger partial charge in [-0.2, -0.15) is 0 Å². The number of anilines is 1. The van der Waals surface area contributed by atoms with Gasteiger partial charge in [-0.05, 0) is 42.0 Å². The Kier molecular flexibility index (Phi) is 4.51. The standard InChI is InChI=1S/C22H21NO3/c1-5-21(25)26-16-11-12-19(24)15(14-16)10-13-20-22(2,3)17-8-6-7-9-18(17)23(20)4/h5-14H,1H2,2-4H3/b15-10+,20-13+. The Bertz CT molecular complexity index is 913. The van der Waals surface area contributed by atoms with Crippen molar-refractivity contribution in [2.45, 2.75) is 19.3 Å². The molecule has 0 fully saturated rings. The number of likely N-dealkylation sites (N-methyl/N-ethyl adjacent to an activating group) is 1. The maximum atomic E-state index is 12.2. The number of esters is 1. The summed E-state index contributed by atoms with van der Waals surface area (Å²) in [5, 5.41) is 0. The molecule has 0 saturated carbocycles. The number of hydrogen-bond acceptors (Lipinski definition) is 4. The van der Waals surface area contributed by atoms with Crippen LogP contribution < -0.4 is 4.90 Å². The molecule has 132 valence electrons. The molecule has 1 heterocycles. The van der Waals surface area contributed by atoms with E-state index < -0.39 is 5.97 Å². The lowest BCUT2D eigenvalue weighted by atomic mass is 9.83. The summed E-state index contributed by atoms with van der Waals surface area (Å²) in [7, 11) is 2.02. The number of fused-ring (bicyclic) bond motifs is 1. The molecule has 1 aromatic rings. The molecular formula is C22H21NO3. The average Bonchev–Trinajstić information content (AvgIpc) is 2.82. The minimum Gasteiger partial charge on any atom is -0.423 e. The van der Waals surface area contributed by atoms with Crippen molar-refractivity contribution in [3.63, 3.8) is 0 Å². The molecule has 0 unspecified atom stereocenters. The number of para-hydroxylation sites is 1. The number of ether oxygens (including phenoxy) is 1. The van der Waals surface area contributed by atoms with Gasteiger partial charge in [0.15, 0.2) is 5.78 Å². The second-order valence-corrected chi connectivity index (χ2v) is 6.74. The molecule has 0 radical (unpaired) electrons. The van der Waals surface area contributed by atoms with E-state index in [-0.39, 0.29) is 11.2 Å². The van der Waals surface area contributed by atoms with Crippen molar-refractivity contribution in [2.24, 2.45) is 0 Å². The summed E-state index contributed by atoms with van der Waals surface area (Å²) in [6.45, 7) is 7.69. The van der Waals surface area contributed by atoms with Gasteiger partial charge in [-0.25, -0.2) is 4.79 Å². The molecule has 26 heavy (non-hydrogen) atoms. The van der Waals surface area contributed by atoms with Crippen LogP contribution in [-0.2, 0) is 19.7 Å². The van der Waals surface area contributed by atoms with E-state index in [9.17, 15) is 9.59 Å². The van der Waals surface area contributed by atoms with Crippen LogP contribution in [-0.4, -0.2) is 18.8 Å². The molecule has 3 rings (SSSR count). The Morgan fingerprint density at radius 3 is 2.62 bits per heavy atom. The smallest absolute Gasteiger partial charge is 0.335 e. The third-order valence-corrected chi connectivity index (χ3v) is 4.73. The summed E-state index contributed by atoms with van der Waals surface area (Å²) < 4.78 is 5.10. The normalized spacial score (nSPS) is 21.0. The van der Waals surface area contributed by atoms with E-state index in [1.165, 1.54) is 17.7 Å². The minimum atomic E-state index is -0.555. The molecule has 0 spiro atoms. The van der Waals surface area contributed by atoms with Crippen LogP contribution in [0.3, 0.4) is 0 Å². The first-order valence-electron chi connectivity index (χ1n) is 8.38. The maximum Gasteiger partial charge on any atom is 0.335 e. The Labute approximate surface area is 153 Å². The SMILES string of the molecule is C=CC(=O)OC1=C/C(=C\C=C2\N(C)c3ccccc3C2(C)C)C(=O)C=C1. The van der Waals surface area contributed by atoms with Gasteiger partial charge >= 0.3 is 5.97 Å². The monoisotopic (exact) mass is 347 g/mol. The van der Waals surface area contributed by atoms with E-state index in [4.69, 9.17) is 4.74 Å². The number of carbonyl (C=O) groups excluding carboxylic acids is 2. The van der Waals surface area contributed by atoms with E-state index in [1.54, 1.807) is 12.2 Å². The molecule has 4 nitrogen and oxygen atoms in total. The summed E-state index contributed by atoms with van der Waals surface area (Å²) in [6, 6.07) is 8.27. The Balaban J connectivity index is 1.95. The van der Waals surface area contributed by atoms with Crippen LogP contribution in [0.15, 0.2) is 84.3 Å². The molecule has 0 atom stereocenters. The molecule has 1 aliphatic carbocycles. The van der Waals surface area contributed by atoms with Crippen molar-refractivity contribution in [3.8, 4) is 0 Å². The van der Waals surface area contributed by atoms with Crippen molar-refractivity contribution in [3.05, 3.63) is 89.9 Å². The van der Waals surface area contributed by atoms with Crippen molar-refractivity contribution in [1.82, 2.24) is 0 Å². The predicted molar refractivity (Wildman–Crippen MR) is 103 cm³/mol. The van der Waals surface area contributed by atoms with E-state index in [0.717, 1.165) is 17.5 Å². The van der Waals surface area contributed by atoms with Crippen molar-refractivity contribution >= 4 is 17.4 Å². The van der Waals surface area contributed by atoms with Crippen LogP contribution in [0.4, 0.5) is 5.69 Å². The third-order valence-electron chi connectivity index (χ3n) is 4.73.